The Morgan fingerprint density at radius 3 is 2.78 bits per heavy atom. The molecular formula is C20H27Cl3N2O2. The lowest BCUT2D eigenvalue weighted by Crippen LogP contribution is -2.51. The zero-order valence-electron chi connectivity index (χ0n) is 15.6. The summed E-state index contributed by atoms with van der Waals surface area (Å²) >= 11 is 18.3. The summed E-state index contributed by atoms with van der Waals surface area (Å²) in [5.74, 6) is 0.0998. The third kappa shape index (κ3) is 5.74. The van der Waals surface area contributed by atoms with Gasteiger partial charge in [0.05, 0.1) is 6.61 Å². The second kappa shape index (κ2) is 9.32. The van der Waals surface area contributed by atoms with Crippen molar-refractivity contribution in [1.82, 2.24) is 10.2 Å². The zero-order chi connectivity index (χ0) is 19.4. The second-order valence-corrected chi connectivity index (χ2v) is 9.97. The summed E-state index contributed by atoms with van der Waals surface area (Å²) in [6.07, 6.45) is 5.01. The largest absolute Gasteiger partial charge is 0.354 e. The van der Waals surface area contributed by atoms with Crippen molar-refractivity contribution >= 4 is 40.7 Å². The summed E-state index contributed by atoms with van der Waals surface area (Å²) in [4.78, 5) is 15.1. The zero-order valence-corrected chi connectivity index (χ0v) is 17.9. The van der Waals surface area contributed by atoms with Crippen molar-refractivity contribution in [3.05, 3.63) is 35.4 Å². The Kier molecular flexibility index (Phi) is 7.32. The molecule has 4 nitrogen and oxygen atoms in total. The van der Waals surface area contributed by atoms with E-state index in [9.17, 15) is 4.79 Å². The molecule has 2 aliphatic heterocycles. The van der Waals surface area contributed by atoms with Crippen LogP contribution >= 0.6 is 34.8 Å². The number of hydrogen-bond donors (Lipinski definition) is 1. The summed E-state index contributed by atoms with van der Waals surface area (Å²) < 4.78 is 4.23. The van der Waals surface area contributed by atoms with Gasteiger partial charge in [-0.2, -0.15) is 0 Å². The normalized spacial score (nSPS) is 24.9. The van der Waals surface area contributed by atoms with E-state index in [0.717, 1.165) is 12.0 Å². The van der Waals surface area contributed by atoms with Crippen molar-refractivity contribution in [2.75, 3.05) is 19.7 Å². The number of piperidine rings is 2. The molecule has 1 N–H and O–H groups in total. The maximum atomic E-state index is 12.6. The Hall–Kier alpha value is -0.520. The van der Waals surface area contributed by atoms with Crippen molar-refractivity contribution in [3.8, 4) is 0 Å². The maximum Gasteiger partial charge on any atom is 0.253 e. The van der Waals surface area contributed by atoms with E-state index in [1.807, 2.05) is 19.1 Å². The van der Waals surface area contributed by atoms with Crippen molar-refractivity contribution in [2.24, 2.45) is 5.92 Å². The molecular weight excluding hydrogens is 407 g/mol. The molecule has 27 heavy (non-hydrogen) atoms. The standard InChI is InChI=1S/C20H27Cl3N2O2/c1-14-6-4-7-15(12-14)18(26)24-19(20(21,22)23)27-13-16-8-5-11-25-10-3-2-9-17(16)25/h4,6-7,12,16-17,19H,2-3,5,8-11,13H2,1H3,(H,24,26)/t16-,17-,19+/m1/s1. The highest BCUT2D eigenvalue weighted by atomic mass is 35.6. The number of rotatable bonds is 5. The molecule has 2 fully saturated rings. The minimum Gasteiger partial charge on any atom is -0.354 e. The molecule has 7 heteroatoms. The van der Waals surface area contributed by atoms with Crippen LogP contribution in [0.4, 0.5) is 0 Å². The molecule has 0 saturated carbocycles. The van der Waals surface area contributed by atoms with Gasteiger partial charge in [0.15, 0.2) is 6.23 Å². The number of amides is 1. The molecule has 0 unspecified atom stereocenters. The summed E-state index contributed by atoms with van der Waals surface area (Å²) in [6.45, 7) is 4.74. The van der Waals surface area contributed by atoms with E-state index in [4.69, 9.17) is 39.5 Å². The van der Waals surface area contributed by atoms with Gasteiger partial charge in [-0.1, -0.05) is 58.9 Å². The van der Waals surface area contributed by atoms with Crippen molar-refractivity contribution in [2.45, 2.75) is 55.1 Å². The van der Waals surface area contributed by atoms with Crippen LogP contribution in [-0.4, -0.2) is 46.6 Å². The molecule has 2 aliphatic rings. The lowest BCUT2D eigenvalue weighted by atomic mass is 9.84. The Bertz CT molecular complexity index is 648. The molecule has 1 aromatic rings. The van der Waals surface area contributed by atoms with Crippen LogP contribution in [-0.2, 0) is 4.74 Å². The number of nitrogens with one attached hydrogen (secondary N) is 1. The molecule has 3 atom stereocenters. The number of hydrogen-bond acceptors (Lipinski definition) is 3. The summed E-state index contributed by atoms with van der Waals surface area (Å²) in [5, 5.41) is 2.74. The summed E-state index contributed by atoms with van der Waals surface area (Å²) in [5.41, 5.74) is 1.52. The van der Waals surface area contributed by atoms with E-state index < -0.39 is 10.0 Å². The van der Waals surface area contributed by atoms with Crippen LogP contribution in [0.5, 0.6) is 0 Å². The van der Waals surface area contributed by atoms with Crippen LogP contribution in [0.3, 0.4) is 0 Å². The van der Waals surface area contributed by atoms with Gasteiger partial charge in [-0.05, 0) is 63.7 Å². The number of carbonyl (C=O) groups is 1. The van der Waals surface area contributed by atoms with Gasteiger partial charge in [-0.3, -0.25) is 4.79 Å². The minimum atomic E-state index is -1.74. The molecule has 0 aromatic heterocycles. The molecule has 0 radical (unpaired) electrons. The van der Waals surface area contributed by atoms with Gasteiger partial charge in [-0.15, -0.1) is 0 Å². The van der Waals surface area contributed by atoms with Gasteiger partial charge in [0, 0.05) is 11.6 Å². The number of aryl methyl sites for hydroxylation is 1. The number of ether oxygens (including phenoxy) is 1. The van der Waals surface area contributed by atoms with E-state index in [1.54, 1.807) is 12.1 Å². The highest BCUT2D eigenvalue weighted by Crippen LogP contribution is 2.34. The van der Waals surface area contributed by atoms with Crippen LogP contribution in [0, 0.1) is 12.8 Å². The predicted molar refractivity (Wildman–Crippen MR) is 111 cm³/mol. The third-order valence-electron chi connectivity index (χ3n) is 5.55. The Balaban J connectivity index is 1.62. The lowest BCUT2D eigenvalue weighted by Gasteiger charge is -2.44. The van der Waals surface area contributed by atoms with Gasteiger partial charge in [0.25, 0.3) is 5.91 Å². The predicted octanol–water partition coefficient (Wildman–Crippen LogP) is 4.70. The third-order valence-corrected chi connectivity index (χ3v) is 6.14. The fraction of sp³-hybridized carbons (Fsp3) is 0.650. The first-order valence-electron chi connectivity index (χ1n) is 9.64. The molecule has 0 bridgehead atoms. The molecule has 0 aliphatic carbocycles. The Labute approximate surface area is 176 Å². The monoisotopic (exact) mass is 432 g/mol. The van der Waals surface area contributed by atoms with Gasteiger partial charge >= 0.3 is 0 Å². The maximum absolute atomic E-state index is 12.6. The van der Waals surface area contributed by atoms with E-state index >= 15 is 0 Å². The summed E-state index contributed by atoms with van der Waals surface area (Å²) in [6, 6.07) is 7.83. The van der Waals surface area contributed by atoms with Gasteiger partial charge in [0.1, 0.15) is 0 Å². The van der Waals surface area contributed by atoms with Crippen LogP contribution in [0.1, 0.15) is 48.0 Å². The van der Waals surface area contributed by atoms with Crippen molar-refractivity contribution in [1.29, 1.82) is 0 Å². The first-order valence-corrected chi connectivity index (χ1v) is 10.8. The average Bonchev–Trinajstić information content (AvgIpc) is 2.64. The molecule has 2 heterocycles. The van der Waals surface area contributed by atoms with E-state index in [2.05, 4.69) is 10.2 Å². The molecule has 1 aromatic carbocycles. The average molecular weight is 434 g/mol. The quantitative estimate of drug-likeness (QED) is 0.540. The lowest BCUT2D eigenvalue weighted by molar-refractivity contribution is -0.0325. The van der Waals surface area contributed by atoms with Gasteiger partial charge in [-0.25, -0.2) is 0 Å². The fourth-order valence-electron chi connectivity index (χ4n) is 4.20. The Morgan fingerprint density at radius 1 is 1.26 bits per heavy atom. The van der Waals surface area contributed by atoms with Crippen LogP contribution < -0.4 is 5.32 Å². The van der Waals surface area contributed by atoms with E-state index in [1.165, 1.54) is 38.8 Å². The molecule has 150 valence electrons. The Morgan fingerprint density at radius 2 is 2.04 bits per heavy atom. The molecule has 2 saturated heterocycles. The number of carbonyl (C=O) groups excluding carboxylic acids is 1. The van der Waals surface area contributed by atoms with Gasteiger partial charge in [0.2, 0.25) is 3.79 Å². The number of halogens is 3. The van der Waals surface area contributed by atoms with E-state index in [-0.39, 0.29) is 5.91 Å². The van der Waals surface area contributed by atoms with Crippen LogP contribution in [0.25, 0.3) is 0 Å². The number of nitrogens with zero attached hydrogens (tertiary/aromatic N) is 1. The summed E-state index contributed by atoms with van der Waals surface area (Å²) in [7, 11) is 0. The van der Waals surface area contributed by atoms with E-state index in [0.29, 0.717) is 24.1 Å². The van der Waals surface area contributed by atoms with Crippen LogP contribution in [0.15, 0.2) is 24.3 Å². The fourth-order valence-corrected chi connectivity index (χ4v) is 4.55. The highest BCUT2D eigenvalue weighted by Gasteiger charge is 2.38. The van der Waals surface area contributed by atoms with Gasteiger partial charge < -0.3 is 15.0 Å². The molecule has 3 rings (SSSR count). The van der Waals surface area contributed by atoms with Crippen molar-refractivity contribution in [3.63, 3.8) is 0 Å². The smallest absolute Gasteiger partial charge is 0.253 e. The topological polar surface area (TPSA) is 41.6 Å². The first-order chi connectivity index (χ1) is 12.8. The first kappa shape index (κ1) is 21.2. The number of alkyl halides is 3. The van der Waals surface area contributed by atoms with Crippen LogP contribution in [0.2, 0.25) is 0 Å². The number of fused-ring (bicyclic) bond motifs is 1. The highest BCUT2D eigenvalue weighted by molar-refractivity contribution is 6.68. The molecule has 1 amide bonds. The second-order valence-electron chi connectivity index (χ2n) is 7.60. The molecule has 0 spiro atoms. The number of benzene rings is 1. The minimum absolute atomic E-state index is 0.307. The van der Waals surface area contributed by atoms with Crippen molar-refractivity contribution < 1.29 is 9.53 Å². The SMILES string of the molecule is Cc1cccc(C(=O)N[C@@H](OC[C@H]2CCCN3CCCC[C@H]23)C(Cl)(Cl)Cl)c1.